The van der Waals surface area contributed by atoms with Crippen molar-refractivity contribution in [3.05, 3.63) is 0 Å². The first-order chi connectivity index (χ1) is 5.24. The highest BCUT2D eigenvalue weighted by atomic mass is 16.1. The van der Waals surface area contributed by atoms with Crippen LogP contribution in [0.25, 0.3) is 0 Å². The summed E-state index contributed by atoms with van der Waals surface area (Å²) in [5, 5.41) is 0. The van der Waals surface area contributed by atoms with Crippen LogP contribution in [0.4, 0.5) is 0 Å². The molecule has 0 amide bonds. The van der Waals surface area contributed by atoms with Gasteiger partial charge < -0.3 is 0 Å². The Kier molecular flexibility index (Phi) is 2.80. The van der Waals surface area contributed by atoms with E-state index in [1.54, 1.807) is 0 Å². The second-order valence-electron chi connectivity index (χ2n) is 3.13. The van der Waals surface area contributed by atoms with Crippen LogP contribution in [0.15, 0.2) is 0 Å². The fourth-order valence-corrected chi connectivity index (χ4v) is 1.05. The highest BCUT2D eigenvalue weighted by molar-refractivity contribution is 5.88. The Morgan fingerprint density at radius 3 is 2.36 bits per heavy atom. The largest absolute Gasteiger partial charge is 0.300 e. The normalized spacial score (nSPS) is 16.5. The van der Waals surface area contributed by atoms with Gasteiger partial charge in [0.1, 0.15) is 11.6 Å². The summed E-state index contributed by atoms with van der Waals surface area (Å²) in [4.78, 5) is 21.9. The topological polar surface area (TPSA) is 34.1 Å². The molecule has 1 aliphatic carbocycles. The number of hydrogen-bond acceptors (Lipinski definition) is 2. The summed E-state index contributed by atoms with van der Waals surface area (Å²) < 4.78 is 0. The Labute approximate surface area is 67.0 Å². The number of hydrogen-bond donors (Lipinski definition) is 0. The molecule has 0 N–H and O–H groups in total. The Morgan fingerprint density at radius 1 is 1.27 bits per heavy atom. The van der Waals surface area contributed by atoms with Gasteiger partial charge in [-0.25, -0.2) is 0 Å². The van der Waals surface area contributed by atoms with Gasteiger partial charge in [-0.15, -0.1) is 0 Å². The molecule has 11 heavy (non-hydrogen) atoms. The lowest BCUT2D eigenvalue weighted by Crippen LogP contribution is -2.04. The van der Waals surface area contributed by atoms with Crippen LogP contribution in [0.3, 0.4) is 0 Å². The maximum absolute atomic E-state index is 11.1. The highest BCUT2D eigenvalue weighted by Crippen LogP contribution is 2.31. The maximum atomic E-state index is 11.1. The summed E-state index contributed by atoms with van der Waals surface area (Å²) in [7, 11) is 0. The zero-order valence-corrected chi connectivity index (χ0v) is 6.93. The molecule has 1 aliphatic rings. The SMILES string of the molecule is CCC(=O)CCC(=O)C1CC1. The summed E-state index contributed by atoms with van der Waals surface area (Å²) in [6, 6.07) is 0. The second kappa shape index (κ2) is 3.65. The molecule has 62 valence electrons. The van der Waals surface area contributed by atoms with Crippen molar-refractivity contribution >= 4 is 11.6 Å². The molecule has 0 saturated heterocycles. The molecule has 2 heteroatoms. The molecule has 0 radical (unpaired) electrons. The second-order valence-corrected chi connectivity index (χ2v) is 3.13. The van der Waals surface area contributed by atoms with Crippen LogP contribution < -0.4 is 0 Å². The molecule has 1 saturated carbocycles. The molecular formula is C9H14O2. The maximum Gasteiger partial charge on any atom is 0.136 e. The Balaban J connectivity index is 2.10. The molecule has 0 heterocycles. The number of Topliss-reactive ketones (excluding diaryl/α,β-unsaturated/α-hetero) is 2. The van der Waals surface area contributed by atoms with Gasteiger partial charge in [0.15, 0.2) is 0 Å². The van der Waals surface area contributed by atoms with Crippen LogP contribution in [0.5, 0.6) is 0 Å². The van der Waals surface area contributed by atoms with Gasteiger partial charge >= 0.3 is 0 Å². The van der Waals surface area contributed by atoms with Crippen molar-refractivity contribution in [3.8, 4) is 0 Å². The van der Waals surface area contributed by atoms with Crippen LogP contribution in [0.1, 0.15) is 39.0 Å². The van der Waals surface area contributed by atoms with E-state index < -0.39 is 0 Å². The Bertz CT molecular complexity index is 168. The van der Waals surface area contributed by atoms with Crippen molar-refractivity contribution < 1.29 is 9.59 Å². The first-order valence-electron chi connectivity index (χ1n) is 4.28. The first-order valence-corrected chi connectivity index (χ1v) is 4.28. The molecule has 2 nitrogen and oxygen atoms in total. The molecule has 0 aromatic rings. The van der Waals surface area contributed by atoms with E-state index in [0.717, 1.165) is 12.8 Å². The summed E-state index contributed by atoms with van der Waals surface area (Å²) in [6.45, 7) is 1.84. The average Bonchev–Trinajstić information content (AvgIpc) is 2.81. The van der Waals surface area contributed by atoms with E-state index in [4.69, 9.17) is 0 Å². The third-order valence-corrected chi connectivity index (χ3v) is 2.08. The third kappa shape index (κ3) is 2.83. The van der Waals surface area contributed by atoms with Gasteiger partial charge in [-0.3, -0.25) is 9.59 Å². The highest BCUT2D eigenvalue weighted by Gasteiger charge is 2.28. The number of carbonyl (C=O) groups is 2. The Morgan fingerprint density at radius 2 is 1.91 bits per heavy atom. The van der Waals surface area contributed by atoms with Crippen LogP contribution in [-0.4, -0.2) is 11.6 Å². The van der Waals surface area contributed by atoms with E-state index in [0.29, 0.717) is 31.0 Å². The Hall–Kier alpha value is -0.660. The van der Waals surface area contributed by atoms with E-state index in [9.17, 15) is 9.59 Å². The van der Waals surface area contributed by atoms with Gasteiger partial charge in [0, 0.05) is 25.2 Å². The zero-order chi connectivity index (χ0) is 8.27. The van der Waals surface area contributed by atoms with E-state index in [1.165, 1.54) is 0 Å². The van der Waals surface area contributed by atoms with Gasteiger partial charge in [-0.2, -0.15) is 0 Å². The molecule has 1 fully saturated rings. The summed E-state index contributed by atoms with van der Waals surface area (Å²) in [6.07, 6.45) is 3.62. The van der Waals surface area contributed by atoms with Gasteiger partial charge in [0.2, 0.25) is 0 Å². The van der Waals surface area contributed by atoms with Crippen LogP contribution >= 0.6 is 0 Å². The summed E-state index contributed by atoms with van der Waals surface area (Å²) in [5.41, 5.74) is 0. The van der Waals surface area contributed by atoms with Crippen molar-refractivity contribution in [3.63, 3.8) is 0 Å². The lowest BCUT2D eigenvalue weighted by Gasteiger charge is -1.95. The zero-order valence-electron chi connectivity index (χ0n) is 6.93. The quantitative estimate of drug-likeness (QED) is 0.604. The molecule has 0 aromatic carbocycles. The van der Waals surface area contributed by atoms with E-state index in [1.807, 2.05) is 6.92 Å². The van der Waals surface area contributed by atoms with Crippen LogP contribution in [0.2, 0.25) is 0 Å². The minimum absolute atomic E-state index is 0.207. The fraction of sp³-hybridized carbons (Fsp3) is 0.778. The monoisotopic (exact) mass is 154 g/mol. The molecule has 0 aromatic heterocycles. The van der Waals surface area contributed by atoms with Gasteiger partial charge in [0.25, 0.3) is 0 Å². The predicted octanol–water partition coefficient (Wildman–Crippen LogP) is 1.72. The van der Waals surface area contributed by atoms with Crippen LogP contribution in [0, 0.1) is 5.92 Å². The molecule has 0 spiro atoms. The molecule has 0 aliphatic heterocycles. The van der Waals surface area contributed by atoms with E-state index >= 15 is 0 Å². The van der Waals surface area contributed by atoms with E-state index in [2.05, 4.69) is 0 Å². The summed E-state index contributed by atoms with van der Waals surface area (Å²) in [5.74, 6) is 0.824. The van der Waals surface area contributed by atoms with Crippen molar-refractivity contribution in [1.82, 2.24) is 0 Å². The predicted molar refractivity (Wildman–Crippen MR) is 42.3 cm³/mol. The van der Waals surface area contributed by atoms with Gasteiger partial charge in [-0.05, 0) is 12.8 Å². The smallest absolute Gasteiger partial charge is 0.136 e. The fourth-order valence-electron chi connectivity index (χ4n) is 1.05. The van der Waals surface area contributed by atoms with Crippen molar-refractivity contribution in [1.29, 1.82) is 0 Å². The summed E-state index contributed by atoms with van der Waals surface area (Å²) >= 11 is 0. The number of carbonyl (C=O) groups excluding carboxylic acids is 2. The van der Waals surface area contributed by atoms with Gasteiger partial charge in [0.05, 0.1) is 0 Å². The van der Waals surface area contributed by atoms with Gasteiger partial charge in [-0.1, -0.05) is 6.92 Å². The third-order valence-electron chi connectivity index (χ3n) is 2.08. The minimum Gasteiger partial charge on any atom is -0.300 e. The molecule has 1 rings (SSSR count). The number of rotatable bonds is 5. The van der Waals surface area contributed by atoms with E-state index in [-0.39, 0.29) is 5.78 Å². The lowest BCUT2D eigenvalue weighted by atomic mass is 10.1. The first kappa shape index (κ1) is 8.44. The average molecular weight is 154 g/mol. The van der Waals surface area contributed by atoms with Crippen molar-refractivity contribution in [2.24, 2.45) is 5.92 Å². The molecule has 0 unspecified atom stereocenters. The van der Waals surface area contributed by atoms with Crippen molar-refractivity contribution in [2.45, 2.75) is 39.0 Å². The number of ketones is 2. The van der Waals surface area contributed by atoms with Crippen molar-refractivity contribution in [2.75, 3.05) is 0 Å². The molecule has 0 bridgehead atoms. The lowest BCUT2D eigenvalue weighted by molar-refractivity contribution is -0.124. The molecular weight excluding hydrogens is 140 g/mol. The molecule has 0 atom stereocenters. The van der Waals surface area contributed by atoms with Crippen LogP contribution in [-0.2, 0) is 9.59 Å². The minimum atomic E-state index is 0.207. The standard InChI is InChI=1S/C9H14O2/c1-2-8(10)5-6-9(11)7-3-4-7/h7H,2-6H2,1H3.